The minimum Gasteiger partial charge on any atom is -0.477 e. The van der Waals surface area contributed by atoms with E-state index in [1.807, 2.05) is 13.1 Å². The molecule has 0 saturated carbocycles. The zero-order valence-electron chi connectivity index (χ0n) is 17.0. The number of urea groups is 1. The number of aromatic carboxylic acids is 1. The molecule has 1 fully saturated rings. The van der Waals surface area contributed by atoms with Gasteiger partial charge in [0.1, 0.15) is 10.7 Å². The summed E-state index contributed by atoms with van der Waals surface area (Å²) in [5.74, 6) is -1.36. The zero-order valence-corrected chi connectivity index (χ0v) is 18.7. The van der Waals surface area contributed by atoms with Crippen molar-refractivity contribution in [1.29, 1.82) is 0 Å². The summed E-state index contributed by atoms with van der Waals surface area (Å²) in [5.41, 5.74) is 6.57. The summed E-state index contributed by atoms with van der Waals surface area (Å²) in [7, 11) is 0. The molecule has 1 aliphatic heterocycles. The second-order valence-electron chi connectivity index (χ2n) is 6.75. The van der Waals surface area contributed by atoms with Crippen molar-refractivity contribution in [2.45, 2.75) is 26.9 Å². The van der Waals surface area contributed by atoms with E-state index in [9.17, 15) is 14.0 Å². The van der Waals surface area contributed by atoms with E-state index >= 15 is 0 Å². The third-order valence-electron chi connectivity index (χ3n) is 4.46. The molecule has 0 atom stereocenters. The number of halogens is 1. The predicted molar refractivity (Wildman–Crippen MR) is 118 cm³/mol. The van der Waals surface area contributed by atoms with Crippen LogP contribution in [0.3, 0.4) is 0 Å². The zero-order chi connectivity index (χ0) is 22.5. The number of amides is 2. The Kier molecular flexibility index (Phi) is 7.31. The molecule has 8 nitrogen and oxygen atoms in total. The molecule has 164 valence electrons. The van der Waals surface area contributed by atoms with Crippen LogP contribution < -0.4 is 10.6 Å². The van der Waals surface area contributed by atoms with Crippen LogP contribution in [0.4, 0.5) is 14.3 Å². The second-order valence-corrected chi connectivity index (χ2v) is 9.04. The number of hydrogen-bond acceptors (Lipinski definition) is 7. The molecular weight excluding hydrogens is 441 g/mol. The number of carboxylic acid groups (broad SMARTS) is 1. The van der Waals surface area contributed by atoms with Gasteiger partial charge in [-0.05, 0) is 31.5 Å². The van der Waals surface area contributed by atoms with Gasteiger partial charge >= 0.3 is 12.0 Å². The van der Waals surface area contributed by atoms with Gasteiger partial charge in [-0.25, -0.2) is 23.9 Å². The van der Waals surface area contributed by atoms with Crippen LogP contribution in [0.1, 0.15) is 30.8 Å². The lowest BCUT2D eigenvalue weighted by atomic mass is 10.2. The normalized spacial score (nSPS) is 13.4. The minimum atomic E-state index is -1.04. The molecule has 1 aliphatic rings. The SMILES string of the molecule is Cc1nc(N2CCN(Cc3ccc(F)cc3)C2=O)sc1C(=O)O.Cc1ncc(CN)s1. The van der Waals surface area contributed by atoms with E-state index in [1.165, 1.54) is 17.0 Å². The highest BCUT2D eigenvalue weighted by atomic mass is 32.1. The summed E-state index contributed by atoms with van der Waals surface area (Å²) < 4.78 is 12.9. The van der Waals surface area contributed by atoms with Crippen molar-refractivity contribution in [2.75, 3.05) is 18.0 Å². The summed E-state index contributed by atoms with van der Waals surface area (Å²) in [6, 6.07) is 5.77. The standard InChI is InChI=1S/C15H14FN3O3S.C5H8N2S/c1-9-12(13(20)21)23-14(17-9)19-7-6-18(15(19)22)8-10-2-4-11(16)5-3-10;1-4-7-3-5(2-6)8-4/h2-5H,6-8H2,1H3,(H,20,21);3H,2,6H2,1H3. The lowest BCUT2D eigenvalue weighted by molar-refractivity contribution is 0.0701. The molecule has 0 radical (unpaired) electrons. The monoisotopic (exact) mass is 463 g/mol. The van der Waals surface area contributed by atoms with Gasteiger partial charge in [0.25, 0.3) is 0 Å². The fourth-order valence-corrected chi connectivity index (χ4v) is 4.51. The Labute approximate surface area is 186 Å². The average molecular weight is 464 g/mol. The van der Waals surface area contributed by atoms with Crippen LogP contribution in [-0.2, 0) is 13.1 Å². The van der Waals surface area contributed by atoms with Gasteiger partial charge in [0.15, 0.2) is 5.13 Å². The fourth-order valence-electron chi connectivity index (χ4n) is 2.91. The van der Waals surface area contributed by atoms with Crippen LogP contribution in [0, 0.1) is 19.7 Å². The van der Waals surface area contributed by atoms with Crippen molar-refractivity contribution in [1.82, 2.24) is 14.9 Å². The number of benzene rings is 1. The Morgan fingerprint density at radius 3 is 2.45 bits per heavy atom. The van der Waals surface area contributed by atoms with E-state index in [-0.39, 0.29) is 16.7 Å². The third-order valence-corrected chi connectivity index (χ3v) is 6.57. The molecule has 3 aromatic rings. The summed E-state index contributed by atoms with van der Waals surface area (Å²) >= 11 is 2.65. The Morgan fingerprint density at radius 1 is 1.23 bits per heavy atom. The van der Waals surface area contributed by atoms with Crippen molar-refractivity contribution < 1.29 is 19.1 Å². The lowest BCUT2D eigenvalue weighted by Gasteiger charge is -2.16. The fraction of sp³-hybridized carbons (Fsp3) is 0.300. The Hall–Kier alpha value is -2.89. The highest BCUT2D eigenvalue weighted by Crippen LogP contribution is 2.29. The van der Waals surface area contributed by atoms with Crippen LogP contribution >= 0.6 is 22.7 Å². The number of thiazole rings is 2. The van der Waals surface area contributed by atoms with Crippen LogP contribution in [0.15, 0.2) is 30.5 Å². The molecule has 11 heteroatoms. The number of carboxylic acids is 1. The molecule has 0 aliphatic carbocycles. The molecule has 1 saturated heterocycles. The predicted octanol–water partition coefficient (Wildman–Crippen LogP) is 3.64. The van der Waals surface area contributed by atoms with Gasteiger partial charge in [-0.15, -0.1) is 11.3 Å². The van der Waals surface area contributed by atoms with Crippen LogP contribution in [0.5, 0.6) is 0 Å². The molecule has 0 bridgehead atoms. The number of aromatic nitrogens is 2. The van der Waals surface area contributed by atoms with Crippen molar-refractivity contribution in [3.8, 4) is 0 Å². The maximum absolute atomic E-state index is 12.9. The van der Waals surface area contributed by atoms with E-state index in [1.54, 1.807) is 35.3 Å². The van der Waals surface area contributed by atoms with Gasteiger partial charge in [-0.1, -0.05) is 23.5 Å². The van der Waals surface area contributed by atoms with Crippen LogP contribution in [-0.4, -0.2) is 45.1 Å². The van der Waals surface area contributed by atoms with Gasteiger partial charge in [0, 0.05) is 37.3 Å². The Balaban J connectivity index is 0.000000287. The maximum atomic E-state index is 12.9. The van der Waals surface area contributed by atoms with Gasteiger partial charge in [0.2, 0.25) is 0 Å². The maximum Gasteiger partial charge on any atom is 0.347 e. The number of carbonyl (C=O) groups is 2. The van der Waals surface area contributed by atoms with E-state index in [0.717, 1.165) is 26.8 Å². The molecule has 1 aromatic carbocycles. The number of nitrogens with zero attached hydrogens (tertiary/aromatic N) is 4. The topological polar surface area (TPSA) is 113 Å². The number of carbonyl (C=O) groups excluding carboxylic acids is 1. The van der Waals surface area contributed by atoms with Gasteiger partial charge in [-0.2, -0.15) is 0 Å². The van der Waals surface area contributed by atoms with E-state index in [0.29, 0.717) is 37.0 Å². The molecule has 3 N–H and O–H groups in total. The summed E-state index contributed by atoms with van der Waals surface area (Å²) in [5, 5.41) is 10.6. The molecule has 0 unspecified atom stereocenters. The van der Waals surface area contributed by atoms with Gasteiger partial charge in [-0.3, -0.25) is 4.90 Å². The minimum absolute atomic E-state index is 0.143. The highest BCUT2D eigenvalue weighted by Gasteiger charge is 2.32. The molecule has 2 amide bonds. The molecular formula is C20H22FN5O3S2. The number of rotatable bonds is 5. The van der Waals surface area contributed by atoms with Crippen molar-refractivity contribution in [2.24, 2.45) is 5.73 Å². The first-order valence-electron chi connectivity index (χ1n) is 9.41. The quantitative estimate of drug-likeness (QED) is 0.597. The van der Waals surface area contributed by atoms with Gasteiger partial charge < -0.3 is 15.7 Å². The summed E-state index contributed by atoms with van der Waals surface area (Å²) in [6.45, 7) is 5.55. The number of aryl methyl sites for hydroxylation is 2. The summed E-state index contributed by atoms with van der Waals surface area (Å²) in [6.07, 6.45) is 1.82. The second kappa shape index (κ2) is 9.94. The average Bonchev–Trinajstić information content (AvgIpc) is 3.43. The van der Waals surface area contributed by atoms with E-state index in [2.05, 4.69) is 9.97 Å². The molecule has 31 heavy (non-hydrogen) atoms. The Morgan fingerprint density at radius 2 is 1.94 bits per heavy atom. The number of anilines is 1. The first-order valence-corrected chi connectivity index (χ1v) is 11.0. The van der Waals surface area contributed by atoms with Crippen molar-refractivity contribution >= 4 is 39.8 Å². The first kappa shape index (κ1) is 22.8. The third kappa shape index (κ3) is 5.63. The molecule has 3 heterocycles. The summed E-state index contributed by atoms with van der Waals surface area (Å²) in [4.78, 5) is 36.2. The lowest BCUT2D eigenvalue weighted by Crippen LogP contribution is -2.31. The Bertz CT molecular complexity index is 1070. The molecule has 2 aromatic heterocycles. The number of nitrogens with two attached hydrogens (primary N) is 1. The van der Waals surface area contributed by atoms with Crippen molar-refractivity contribution in [3.63, 3.8) is 0 Å². The molecule has 0 spiro atoms. The van der Waals surface area contributed by atoms with Gasteiger partial charge in [0.05, 0.1) is 10.7 Å². The van der Waals surface area contributed by atoms with Crippen LogP contribution in [0.25, 0.3) is 0 Å². The number of hydrogen-bond donors (Lipinski definition) is 2. The van der Waals surface area contributed by atoms with Crippen molar-refractivity contribution in [3.05, 3.63) is 62.3 Å². The first-order chi connectivity index (χ1) is 14.8. The largest absolute Gasteiger partial charge is 0.477 e. The van der Waals surface area contributed by atoms with Crippen LogP contribution in [0.2, 0.25) is 0 Å². The van der Waals surface area contributed by atoms with E-state index in [4.69, 9.17) is 10.8 Å². The highest BCUT2D eigenvalue weighted by molar-refractivity contribution is 7.17. The molecule has 4 rings (SSSR count). The van der Waals surface area contributed by atoms with E-state index < -0.39 is 5.97 Å². The smallest absolute Gasteiger partial charge is 0.347 e.